The molecule has 3 aliphatic heterocycles. The molecule has 5 heteroatoms. The molecule has 0 bridgehead atoms. The first-order valence-corrected chi connectivity index (χ1v) is 9.97. The molecule has 0 spiro atoms. The number of nitrogens with zero attached hydrogens (tertiary/aromatic N) is 2. The van der Waals surface area contributed by atoms with E-state index in [2.05, 4.69) is 41.2 Å². The van der Waals surface area contributed by atoms with Crippen LogP contribution < -0.4 is 9.47 Å². The Morgan fingerprint density at radius 2 is 1.96 bits per heavy atom. The van der Waals surface area contributed by atoms with E-state index >= 15 is 0 Å². The standard InChI is InChI=1S/C21H27ClN2O2/c1-16-4-2-3-9-24(16)13-17-7-10-23(11-8-17)14-19-15-25-20-6-5-18(22)12-21(20)26-19/h2-6,9,12,16-17,19H,7-8,10-11,13-15H2,1H3. The normalized spacial score (nSPS) is 26.3. The van der Waals surface area contributed by atoms with Crippen LogP contribution in [0.5, 0.6) is 11.5 Å². The van der Waals surface area contributed by atoms with Gasteiger partial charge in [0, 0.05) is 30.2 Å². The average Bonchev–Trinajstić information content (AvgIpc) is 2.65. The van der Waals surface area contributed by atoms with Crippen LogP contribution in [0.3, 0.4) is 0 Å². The molecule has 3 aliphatic rings. The summed E-state index contributed by atoms with van der Waals surface area (Å²) in [5.74, 6) is 2.33. The van der Waals surface area contributed by atoms with Crippen molar-refractivity contribution in [2.75, 3.05) is 32.8 Å². The molecule has 0 saturated carbocycles. The van der Waals surface area contributed by atoms with Crippen LogP contribution in [0.15, 0.2) is 42.6 Å². The minimum absolute atomic E-state index is 0.0766. The Morgan fingerprint density at radius 1 is 1.12 bits per heavy atom. The van der Waals surface area contributed by atoms with E-state index in [0.29, 0.717) is 17.7 Å². The topological polar surface area (TPSA) is 24.9 Å². The van der Waals surface area contributed by atoms with E-state index in [1.165, 1.54) is 12.8 Å². The summed E-state index contributed by atoms with van der Waals surface area (Å²) in [5, 5.41) is 0.685. The molecule has 0 radical (unpaired) electrons. The van der Waals surface area contributed by atoms with Crippen molar-refractivity contribution in [3.05, 3.63) is 47.6 Å². The number of hydrogen-bond donors (Lipinski definition) is 0. The van der Waals surface area contributed by atoms with E-state index in [-0.39, 0.29) is 6.10 Å². The van der Waals surface area contributed by atoms with Gasteiger partial charge in [0.05, 0.1) is 0 Å². The second-order valence-electron chi connectivity index (χ2n) is 7.55. The van der Waals surface area contributed by atoms with Gasteiger partial charge in [-0.3, -0.25) is 4.90 Å². The highest BCUT2D eigenvalue weighted by atomic mass is 35.5. The molecule has 26 heavy (non-hydrogen) atoms. The molecule has 0 amide bonds. The summed E-state index contributed by atoms with van der Waals surface area (Å²) < 4.78 is 11.9. The van der Waals surface area contributed by atoms with E-state index in [1.54, 1.807) is 0 Å². The highest BCUT2D eigenvalue weighted by Crippen LogP contribution is 2.34. The summed E-state index contributed by atoms with van der Waals surface area (Å²) in [4.78, 5) is 4.97. The van der Waals surface area contributed by atoms with Crippen molar-refractivity contribution in [2.45, 2.75) is 31.9 Å². The maximum atomic E-state index is 6.10. The summed E-state index contributed by atoms with van der Waals surface area (Å²) in [5.41, 5.74) is 0. The summed E-state index contributed by atoms with van der Waals surface area (Å²) in [6, 6.07) is 6.07. The molecule has 1 aromatic carbocycles. The molecule has 4 rings (SSSR count). The first kappa shape index (κ1) is 17.7. The third-order valence-electron chi connectivity index (χ3n) is 5.56. The molecule has 0 aliphatic carbocycles. The molecular formula is C21H27ClN2O2. The Balaban J connectivity index is 1.24. The molecular weight excluding hydrogens is 348 g/mol. The van der Waals surface area contributed by atoms with Gasteiger partial charge in [0.1, 0.15) is 12.7 Å². The van der Waals surface area contributed by atoms with Gasteiger partial charge in [-0.2, -0.15) is 0 Å². The Bertz CT molecular complexity index is 683. The number of piperidine rings is 1. The van der Waals surface area contributed by atoms with Crippen LogP contribution in [0.4, 0.5) is 0 Å². The van der Waals surface area contributed by atoms with Gasteiger partial charge in [0.2, 0.25) is 0 Å². The Hall–Kier alpha value is -1.65. The smallest absolute Gasteiger partial charge is 0.163 e. The van der Waals surface area contributed by atoms with Crippen LogP contribution in [0.2, 0.25) is 5.02 Å². The van der Waals surface area contributed by atoms with Crippen molar-refractivity contribution in [2.24, 2.45) is 5.92 Å². The van der Waals surface area contributed by atoms with Crippen LogP contribution in [0, 0.1) is 5.92 Å². The molecule has 0 N–H and O–H groups in total. The van der Waals surface area contributed by atoms with Gasteiger partial charge in [-0.1, -0.05) is 23.8 Å². The Kier molecular flexibility index (Phi) is 5.41. The number of fused-ring (bicyclic) bond motifs is 1. The summed E-state index contributed by atoms with van der Waals surface area (Å²) in [6.45, 7) is 7.21. The lowest BCUT2D eigenvalue weighted by Gasteiger charge is -2.38. The van der Waals surface area contributed by atoms with Crippen molar-refractivity contribution < 1.29 is 9.47 Å². The third kappa shape index (κ3) is 4.18. The van der Waals surface area contributed by atoms with Crippen LogP contribution in [-0.2, 0) is 0 Å². The van der Waals surface area contributed by atoms with Crippen LogP contribution in [0.1, 0.15) is 19.8 Å². The lowest BCUT2D eigenvalue weighted by Crippen LogP contribution is -2.45. The van der Waals surface area contributed by atoms with Gasteiger partial charge in [0.15, 0.2) is 11.5 Å². The zero-order valence-electron chi connectivity index (χ0n) is 15.3. The highest BCUT2D eigenvalue weighted by molar-refractivity contribution is 6.30. The molecule has 0 aromatic heterocycles. The summed E-state index contributed by atoms with van der Waals surface area (Å²) in [7, 11) is 0. The quantitative estimate of drug-likeness (QED) is 0.796. The maximum Gasteiger partial charge on any atom is 0.163 e. The minimum atomic E-state index is 0.0766. The fourth-order valence-corrected chi connectivity index (χ4v) is 4.14. The van der Waals surface area contributed by atoms with Crippen molar-refractivity contribution in [1.29, 1.82) is 0 Å². The van der Waals surface area contributed by atoms with Gasteiger partial charge in [-0.25, -0.2) is 0 Å². The zero-order chi connectivity index (χ0) is 17.9. The number of likely N-dealkylation sites (tertiary alicyclic amines) is 1. The number of benzene rings is 1. The number of rotatable bonds is 4. The largest absolute Gasteiger partial charge is 0.486 e. The Labute approximate surface area is 161 Å². The predicted molar refractivity (Wildman–Crippen MR) is 105 cm³/mol. The van der Waals surface area contributed by atoms with E-state index < -0.39 is 0 Å². The van der Waals surface area contributed by atoms with Crippen molar-refractivity contribution in [1.82, 2.24) is 9.80 Å². The van der Waals surface area contributed by atoms with Crippen LogP contribution >= 0.6 is 11.6 Å². The van der Waals surface area contributed by atoms with Crippen molar-refractivity contribution in [3.8, 4) is 11.5 Å². The molecule has 1 saturated heterocycles. The number of hydrogen-bond acceptors (Lipinski definition) is 4. The first-order valence-electron chi connectivity index (χ1n) is 9.59. The van der Waals surface area contributed by atoms with Gasteiger partial charge >= 0.3 is 0 Å². The van der Waals surface area contributed by atoms with Gasteiger partial charge in [0.25, 0.3) is 0 Å². The van der Waals surface area contributed by atoms with Crippen LogP contribution in [0.25, 0.3) is 0 Å². The molecule has 1 aromatic rings. The fraction of sp³-hybridized carbons (Fsp3) is 0.524. The SMILES string of the molecule is CC1C=CC=CN1CC1CCN(CC2COc3ccc(Cl)cc3O2)CC1. The molecule has 3 heterocycles. The predicted octanol–water partition coefficient (Wildman–Crippen LogP) is 3.97. The van der Waals surface area contributed by atoms with E-state index in [1.807, 2.05) is 18.2 Å². The van der Waals surface area contributed by atoms with Crippen molar-refractivity contribution >= 4 is 11.6 Å². The van der Waals surface area contributed by atoms with Gasteiger partial charge in [-0.15, -0.1) is 0 Å². The lowest BCUT2D eigenvalue weighted by atomic mass is 9.95. The fourth-order valence-electron chi connectivity index (χ4n) is 3.98. The zero-order valence-corrected chi connectivity index (χ0v) is 16.1. The summed E-state index contributed by atoms with van der Waals surface area (Å²) >= 11 is 6.06. The number of halogens is 1. The van der Waals surface area contributed by atoms with E-state index in [4.69, 9.17) is 21.1 Å². The maximum absolute atomic E-state index is 6.10. The van der Waals surface area contributed by atoms with E-state index in [0.717, 1.165) is 43.6 Å². The minimum Gasteiger partial charge on any atom is -0.486 e. The van der Waals surface area contributed by atoms with Gasteiger partial charge < -0.3 is 14.4 Å². The molecule has 140 valence electrons. The number of allylic oxidation sites excluding steroid dienone is 2. The van der Waals surface area contributed by atoms with E-state index in [9.17, 15) is 0 Å². The second kappa shape index (κ2) is 7.93. The highest BCUT2D eigenvalue weighted by Gasteiger charge is 2.27. The second-order valence-corrected chi connectivity index (χ2v) is 7.99. The average molecular weight is 375 g/mol. The molecule has 2 unspecified atom stereocenters. The van der Waals surface area contributed by atoms with Crippen molar-refractivity contribution in [3.63, 3.8) is 0 Å². The van der Waals surface area contributed by atoms with Gasteiger partial charge in [-0.05, 0) is 63.2 Å². The summed E-state index contributed by atoms with van der Waals surface area (Å²) in [6.07, 6.45) is 11.3. The molecule has 4 nitrogen and oxygen atoms in total. The monoisotopic (exact) mass is 374 g/mol. The molecule has 2 atom stereocenters. The molecule has 1 fully saturated rings. The lowest BCUT2D eigenvalue weighted by molar-refractivity contribution is 0.0455. The Morgan fingerprint density at radius 3 is 2.77 bits per heavy atom. The third-order valence-corrected chi connectivity index (χ3v) is 5.80. The number of ether oxygens (including phenoxy) is 2. The van der Waals surface area contributed by atoms with Crippen LogP contribution in [-0.4, -0.2) is 54.7 Å². The first-order chi connectivity index (χ1) is 12.7.